The molecule has 236 valence electrons. The number of carbonyl (C=O) groups is 3. The van der Waals surface area contributed by atoms with E-state index in [4.69, 9.17) is 23.7 Å². The fourth-order valence-corrected chi connectivity index (χ4v) is 4.35. The molecule has 0 bridgehead atoms. The van der Waals surface area contributed by atoms with E-state index in [-0.39, 0.29) is 12.4 Å². The summed E-state index contributed by atoms with van der Waals surface area (Å²) in [6.45, 7) is 7.94. The van der Waals surface area contributed by atoms with Crippen molar-refractivity contribution in [2.24, 2.45) is 0 Å². The second-order valence-electron chi connectivity index (χ2n) is 10.1. The van der Waals surface area contributed by atoms with Gasteiger partial charge in [0.05, 0.1) is 31.6 Å². The van der Waals surface area contributed by atoms with E-state index in [1.54, 1.807) is 36.4 Å². The number of carbonyl (C=O) groups excluding carboxylic acids is 3. The van der Waals surface area contributed by atoms with Crippen molar-refractivity contribution in [1.29, 1.82) is 0 Å². The van der Waals surface area contributed by atoms with Gasteiger partial charge in [0.15, 0.2) is 0 Å². The Labute approximate surface area is 268 Å². The Kier molecular flexibility index (Phi) is 12.7. The summed E-state index contributed by atoms with van der Waals surface area (Å²) in [5, 5.41) is 0. The number of ether oxygens (including phenoxy) is 5. The molecule has 4 aromatic carbocycles. The number of esters is 3. The predicted molar refractivity (Wildman–Crippen MR) is 176 cm³/mol. The van der Waals surface area contributed by atoms with Crippen LogP contribution in [0, 0.1) is 0 Å². The average Bonchev–Trinajstić information content (AvgIpc) is 3.09. The van der Waals surface area contributed by atoms with Crippen molar-refractivity contribution in [3.8, 4) is 39.5 Å². The minimum Gasteiger partial charge on any atom is -0.494 e. The first kappa shape index (κ1) is 33.3. The molecule has 46 heavy (non-hydrogen) atoms. The molecule has 0 aromatic heterocycles. The van der Waals surface area contributed by atoms with Crippen molar-refractivity contribution < 1.29 is 38.1 Å². The van der Waals surface area contributed by atoms with Crippen molar-refractivity contribution in [2.45, 2.75) is 25.7 Å². The second-order valence-corrected chi connectivity index (χ2v) is 10.1. The van der Waals surface area contributed by atoms with Crippen LogP contribution in [0.15, 0.2) is 123 Å². The zero-order valence-corrected chi connectivity index (χ0v) is 25.5. The molecule has 0 saturated heterocycles. The van der Waals surface area contributed by atoms with Crippen molar-refractivity contribution in [1.82, 2.24) is 0 Å². The van der Waals surface area contributed by atoms with Gasteiger partial charge in [-0.25, -0.2) is 9.59 Å². The van der Waals surface area contributed by atoms with Crippen molar-refractivity contribution in [2.75, 3.05) is 19.8 Å². The van der Waals surface area contributed by atoms with Gasteiger partial charge in [0.25, 0.3) is 0 Å². The maximum Gasteiger partial charge on any atom is 0.343 e. The van der Waals surface area contributed by atoms with Crippen LogP contribution < -0.4 is 14.2 Å². The summed E-state index contributed by atoms with van der Waals surface area (Å²) in [6.07, 6.45) is 4.52. The highest BCUT2D eigenvalue weighted by atomic mass is 16.5. The molecule has 8 heteroatoms. The van der Waals surface area contributed by atoms with Gasteiger partial charge in [-0.05, 0) is 90.0 Å². The van der Waals surface area contributed by atoms with Gasteiger partial charge in [0.1, 0.15) is 17.2 Å². The lowest BCUT2D eigenvalue weighted by Gasteiger charge is -2.09. The van der Waals surface area contributed by atoms with Crippen LogP contribution in [0.4, 0.5) is 0 Å². The van der Waals surface area contributed by atoms with E-state index in [1.807, 2.05) is 60.7 Å². The number of unbranched alkanes of at least 4 members (excludes halogenated alkanes) is 1. The third-order valence-electron chi connectivity index (χ3n) is 6.79. The lowest BCUT2D eigenvalue weighted by molar-refractivity contribution is -0.139. The van der Waals surface area contributed by atoms with E-state index in [1.165, 1.54) is 0 Å². The van der Waals surface area contributed by atoms with Crippen molar-refractivity contribution in [3.63, 3.8) is 0 Å². The van der Waals surface area contributed by atoms with E-state index < -0.39 is 11.9 Å². The number of benzene rings is 4. The Morgan fingerprint density at radius 2 is 1.02 bits per heavy atom. The summed E-state index contributed by atoms with van der Waals surface area (Å²) >= 11 is 0. The molecule has 8 nitrogen and oxygen atoms in total. The minimum atomic E-state index is -0.452. The van der Waals surface area contributed by atoms with Crippen LogP contribution >= 0.6 is 0 Å². The topological polar surface area (TPSA) is 97.4 Å². The first-order valence-corrected chi connectivity index (χ1v) is 14.9. The molecule has 4 rings (SSSR count). The van der Waals surface area contributed by atoms with Crippen LogP contribution in [-0.4, -0.2) is 37.7 Å². The van der Waals surface area contributed by atoms with E-state index in [0.29, 0.717) is 49.7 Å². The standard InChI is InChI=1S/C38H36O8/c1-3-36(39)45-26-6-5-25-43-34-21-23-35(24-22-34)46-38(41)32-15-13-30(14-16-32)28-9-11-29(12-10-28)31-17-19-33(20-18-31)44-27-7-8-37(40)42-4-2/h3-4,9-24H,1-2,5-8,25-27H2. The molecule has 0 aliphatic heterocycles. The third-order valence-corrected chi connectivity index (χ3v) is 6.79. The molecule has 0 N–H and O–H groups in total. The molecule has 0 unspecified atom stereocenters. The fourth-order valence-electron chi connectivity index (χ4n) is 4.35. The average molecular weight is 621 g/mol. The number of hydrogen-bond acceptors (Lipinski definition) is 8. The first-order chi connectivity index (χ1) is 22.4. The van der Waals surface area contributed by atoms with E-state index in [9.17, 15) is 14.4 Å². The molecule has 0 fully saturated rings. The molecule has 4 aromatic rings. The van der Waals surface area contributed by atoms with Crippen LogP contribution in [0.3, 0.4) is 0 Å². The summed E-state index contributed by atoms with van der Waals surface area (Å²) < 4.78 is 26.5. The highest BCUT2D eigenvalue weighted by Crippen LogP contribution is 2.27. The zero-order valence-electron chi connectivity index (χ0n) is 25.5. The van der Waals surface area contributed by atoms with Gasteiger partial charge in [-0.3, -0.25) is 4.79 Å². The SMILES string of the molecule is C=COC(=O)CCCOc1ccc(-c2ccc(-c3ccc(C(=O)Oc4ccc(OCCCCOC(=O)C=C)cc4)cc3)cc2)cc1. The second kappa shape index (κ2) is 17.6. The smallest absolute Gasteiger partial charge is 0.343 e. The molecule has 0 atom stereocenters. The van der Waals surface area contributed by atoms with Gasteiger partial charge in [-0.2, -0.15) is 0 Å². The maximum atomic E-state index is 12.7. The quantitative estimate of drug-likeness (QED) is 0.0385. The van der Waals surface area contributed by atoms with Crippen LogP contribution in [0.1, 0.15) is 36.0 Å². The molecule has 0 heterocycles. The zero-order chi connectivity index (χ0) is 32.6. The molecule has 0 aliphatic carbocycles. The highest BCUT2D eigenvalue weighted by molar-refractivity contribution is 5.91. The fraction of sp³-hybridized carbons (Fsp3) is 0.184. The van der Waals surface area contributed by atoms with Crippen LogP contribution in [0.5, 0.6) is 17.2 Å². The Balaban J connectivity index is 1.22. The Hall–Kier alpha value is -5.63. The Morgan fingerprint density at radius 1 is 0.565 bits per heavy atom. The summed E-state index contributed by atoms with van der Waals surface area (Å²) in [5.74, 6) is 0.597. The molecule has 0 spiro atoms. The Morgan fingerprint density at radius 3 is 1.57 bits per heavy atom. The molecule has 0 amide bonds. The van der Waals surface area contributed by atoms with Gasteiger partial charge in [0.2, 0.25) is 0 Å². The van der Waals surface area contributed by atoms with E-state index >= 15 is 0 Å². The summed E-state index contributed by atoms with van der Waals surface area (Å²) in [4.78, 5) is 35.1. The van der Waals surface area contributed by atoms with Gasteiger partial charge >= 0.3 is 17.9 Å². The number of rotatable bonds is 17. The van der Waals surface area contributed by atoms with Gasteiger partial charge in [-0.15, -0.1) is 0 Å². The van der Waals surface area contributed by atoms with Crippen LogP contribution in [-0.2, 0) is 19.1 Å². The van der Waals surface area contributed by atoms with Gasteiger partial charge in [0, 0.05) is 12.5 Å². The molecular weight excluding hydrogens is 584 g/mol. The summed E-state index contributed by atoms with van der Waals surface area (Å²) in [5.41, 5.74) is 4.55. The van der Waals surface area contributed by atoms with Crippen LogP contribution in [0.2, 0.25) is 0 Å². The predicted octanol–water partition coefficient (Wildman–Crippen LogP) is 7.97. The molecular formula is C38H36O8. The van der Waals surface area contributed by atoms with E-state index in [0.717, 1.165) is 46.8 Å². The normalized spacial score (nSPS) is 10.3. The van der Waals surface area contributed by atoms with Crippen molar-refractivity contribution >= 4 is 17.9 Å². The number of hydrogen-bond donors (Lipinski definition) is 0. The molecule has 0 saturated carbocycles. The monoisotopic (exact) mass is 620 g/mol. The lowest BCUT2D eigenvalue weighted by atomic mass is 9.99. The molecule has 0 radical (unpaired) electrons. The maximum absolute atomic E-state index is 12.7. The van der Waals surface area contributed by atoms with E-state index in [2.05, 4.69) is 13.2 Å². The van der Waals surface area contributed by atoms with Crippen molar-refractivity contribution in [3.05, 3.63) is 128 Å². The lowest BCUT2D eigenvalue weighted by Crippen LogP contribution is -2.08. The van der Waals surface area contributed by atoms with Crippen LogP contribution in [0.25, 0.3) is 22.3 Å². The first-order valence-electron chi connectivity index (χ1n) is 14.9. The summed E-state index contributed by atoms with van der Waals surface area (Å²) in [7, 11) is 0. The highest BCUT2D eigenvalue weighted by Gasteiger charge is 2.10. The largest absolute Gasteiger partial charge is 0.494 e. The third kappa shape index (κ3) is 10.5. The molecule has 0 aliphatic rings. The van der Waals surface area contributed by atoms with Gasteiger partial charge < -0.3 is 23.7 Å². The minimum absolute atomic E-state index is 0.275. The summed E-state index contributed by atoms with van der Waals surface area (Å²) in [6, 6.07) is 30.1. The van der Waals surface area contributed by atoms with Gasteiger partial charge in [-0.1, -0.05) is 61.7 Å². The Bertz CT molecular complexity index is 1590.